The lowest BCUT2D eigenvalue weighted by molar-refractivity contribution is -0.123. The van der Waals surface area contributed by atoms with Gasteiger partial charge in [-0.3, -0.25) is 4.79 Å². The molecule has 0 radical (unpaired) electrons. The molecular weight excluding hydrogens is 452 g/mol. The molecule has 0 saturated heterocycles. The van der Waals surface area contributed by atoms with Crippen LogP contribution in [0.4, 0.5) is 5.69 Å². The number of benzene rings is 3. The molecule has 0 aliphatic carbocycles. The minimum Gasteiger partial charge on any atom is -0.449 e. The van der Waals surface area contributed by atoms with E-state index in [1.807, 2.05) is 72.1 Å². The minimum absolute atomic E-state index is 0.390. The highest BCUT2D eigenvalue weighted by Crippen LogP contribution is 2.29. The van der Waals surface area contributed by atoms with E-state index in [-0.39, 0.29) is 5.91 Å². The number of thioether (sulfide) groups is 1. The van der Waals surface area contributed by atoms with Crippen LogP contribution in [0.1, 0.15) is 23.0 Å². The number of esters is 1. The lowest BCUT2D eigenvalue weighted by Gasteiger charge is -2.16. The van der Waals surface area contributed by atoms with Crippen LogP contribution < -0.4 is 5.32 Å². The lowest BCUT2D eigenvalue weighted by Crippen LogP contribution is -2.30. The van der Waals surface area contributed by atoms with Crippen molar-refractivity contribution in [3.63, 3.8) is 0 Å². The summed E-state index contributed by atoms with van der Waals surface area (Å²) in [4.78, 5) is 30.7. The molecule has 166 valence electrons. The zero-order chi connectivity index (χ0) is 23.0. The second-order valence-electron chi connectivity index (χ2n) is 7.21. The van der Waals surface area contributed by atoms with Gasteiger partial charge in [-0.1, -0.05) is 60.7 Å². The van der Waals surface area contributed by atoms with Crippen LogP contribution in [0.25, 0.3) is 11.1 Å². The molecule has 0 aliphatic rings. The quantitative estimate of drug-likeness (QED) is 0.240. The molecule has 33 heavy (non-hydrogen) atoms. The third-order valence-corrected chi connectivity index (χ3v) is 6.63. The molecule has 5 nitrogen and oxygen atoms in total. The number of hydrogen-bond donors (Lipinski definition) is 1. The molecule has 0 spiro atoms. The fourth-order valence-electron chi connectivity index (χ4n) is 3.20. The number of thiazole rings is 1. The van der Waals surface area contributed by atoms with E-state index in [1.165, 1.54) is 23.1 Å². The molecule has 1 unspecified atom stereocenters. The van der Waals surface area contributed by atoms with E-state index in [9.17, 15) is 9.59 Å². The number of para-hydroxylation sites is 1. The number of nitrogens with zero attached hydrogens (tertiary/aromatic N) is 1. The van der Waals surface area contributed by atoms with E-state index in [0.29, 0.717) is 17.0 Å². The van der Waals surface area contributed by atoms with E-state index in [4.69, 9.17) is 4.74 Å². The smallest absolute Gasteiger partial charge is 0.340 e. The molecule has 3 aromatic carbocycles. The molecular formula is C26H22N2O3S2. The zero-order valence-electron chi connectivity index (χ0n) is 17.9. The maximum Gasteiger partial charge on any atom is 0.340 e. The van der Waals surface area contributed by atoms with E-state index >= 15 is 0 Å². The van der Waals surface area contributed by atoms with Gasteiger partial charge in [-0.25, -0.2) is 9.78 Å². The second-order valence-corrected chi connectivity index (χ2v) is 8.95. The Balaban J connectivity index is 1.43. The van der Waals surface area contributed by atoms with Crippen LogP contribution in [-0.2, 0) is 15.3 Å². The number of hydrogen-bond acceptors (Lipinski definition) is 6. The molecule has 1 amide bonds. The van der Waals surface area contributed by atoms with Gasteiger partial charge in [0.05, 0.1) is 16.8 Å². The van der Waals surface area contributed by atoms with E-state index in [0.717, 1.165) is 21.7 Å². The molecule has 1 heterocycles. The normalized spacial score (nSPS) is 11.5. The summed E-state index contributed by atoms with van der Waals surface area (Å²) in [6, 6.07) is 24.6. The van der Waals surface area contributed by atoms with Gasteiger partial charge in [0.15, 0.2) is 6.10 Å². The summed E-state index contributed by atoms with van der Waals surface area (Å²) >= 11 is 3.05. The van der Waals surface area contributed by atoms with Gasteiger partial charge in [0.2, 0.25) is 0 Å². The van der Waals surface area contributed by atoms with Gasteiger partial charge in [0, 0.05) is 27.3 Å². The predicted octanol–water partition coefficient (Wildman–Crippen LogP) is 6.29. The van der Waals surface area contributed by atoms with Crippen LogP contribution >= 0.6 is 23.1 Å². The van der Waals surface area contributed by atoms with Crippen molar-refractivity contribution < 1.29 is 14.3 Å². The average Bonchev–Trinajstić information content (AvgIpc) is 3.37. The van der Waals surface area contributed by atoms with Crippen molar-refractivity contribution in [3.05, 3.63) is 101 Å². The first kappa shape index (κ1) is 22.8. The summed E-state index contributed by atoms with van der Waals surface area (Å²) in [5, 5.41) is 4.88. The van der Waals surface area contributed by atoms with Gasteiger partial charge in [0.25, 0.3) is 5.91 Å². The largest absolute Gasteiger partial charge is 0.449 e. The predicted molar refractivity (Wildman–Crippen MR) is 134 cm³/mol. The number of rotatable bonds is 8. The highest BCUT2D eigenvalue weighted by atomic mass is 32.2. The minimum atomic E-state index is -0.960. The van der Waals surface area contributed by atoms with Crippen molar-refractivity contribution in [1.82, 2.24) is 4.98 Å². The van der Waals surface area contributed by atoms with Crippen molar-refractivity contribution in [2.75, 3.05) is 5.32 Å². The van der Waals surface area contributed by atoms with Crippen molar-refractivity contribution in [2.45, 2.75) is 23.7 Å². The third-order valence-electron chi connectivity index (χ3n) is 4.89. The van der Waals surface area contributed by atoms with Crippen molar-refractivity contribution in [3.8, 4) is 11.1 Å². The Kier molecular flexibility index (Phi) is 7.55. The van der Waals surface area contributed by atoms with Crippen LogP contribution in [0.2, 0.25) is 0 Å². The van der Waals surface area contributed by atoms with Gasteiger partial charge < -0.3 is 10.1 Å². The molecule has 4 aromatic rings. The second kappa shape index (κ2) is 10.9. The average molecular weight is 475 g/mol. The maximum absolute atomic E-state index is 12.9. The van der Waals surface area contributed by atoms with E-state index < -0.39 is 12.1 Å². The van der Waals surface area contributed by atoms with Gasteiger partial charge in [-0.05, 0) is 30.7 Å². The first-order valence-corrected chi connectivity index (χ1v) is 12.3. The van der Waals surface area contributed by atoms with Crippen LogP contribution in [0.5, 0.6) is 0 Å². The molecule has 0 saturated carbocycles. The lowest BCUT2D eigenvalue weighted by atomic mass is 10.0. The number of anilines is 1. The van der Waals surface area contributed by atoms with E-state index in [1.54, 1.807) is 24.6 Å². The molecule has 0 fully saturated rings. The Hall–Kier alpha value is -3.42. The first-order valence-electron chi connectivity index (χ1n) is 10.4. The van der Waals surface area contributed by atoms with Crippen molar-refractivity contribution >= 4 is 40.7 Å². The van der Waals surface area contributed by atoms with E-state index in [2.05, 4.69) is 10.3 Å². The van der Waals surface area contributed by atoms with Crippen molar-refractivity contribution in [1.29, 1.82) is 0 Å². The van der Waals surface area contributed by atoms with Gasteiger partial charge in [-0.2, -0.15) is 0 Å². The molecule has 1 N–H and O–H groups in total. The van der Waals surface area contributed by atoms with Gasteiger partial charge in [-0.15, -0.1) is 23.1 Å². The SMILES string of the molecule is CC(OC(=O)c1ccccc1SCc1cscn1)C(=O)Nc1ccccc1-c1ccccc1. The van der Waals surface area contributed by atoms with Crippen LogP contribution in [0.15, 0.2) is 94.6 Å². The summed E-state index contributed by atoms with van der Waals surface area (Å²) in [7, 11) is 0. The van der Waals surface area contributed by atoms with Crippen LogP contribution in [0.3, 0.4) is 0 Å². The molecule has 7 heteroatoms. The summed E-state index contributed by atoms with van der Waals surface area (Å²) in [5.41, 5.74) is 5.72. The van der Waals surface area contributed by atoms with Crippen LogP contribution in [0, 0.1) is 0 Å². The molecule has 4 rings (SSSR count). The Morgan fingerprint density at radius 1 is 1.00 bits per heavy atom. The summed E-state index contributed by atoms with van der Waals surface area (Å²) in [5.74, 6) is -0.269. The number of amides is 1. The summed E-state index contributed by atoms with van der Waals surface area (Å²) in [6.07, 6.45) is -0.960. The monoisotopic (exact) mass is 474 g/mol. The molecule has 0 bridgehead atoms. The topological polar surface area (TPSA) is 68.3 Å². The van der Waals surface area contributed by atoms with Crippen molar-refractivity contribution in [2.24, 2.45) is 0 Å². The van der Waals surface area contributed by atoms with Crippen LogP contribution in [-0.4, -0.2) is 23.0 Å². The Morgan fingerprint density at radius 2 is 1.73 bits per heavy atom. The number of nitrogens with one attached hydrogen (secondary N) is 1. The number of ether oxygens (including phenoxy) is 1. The Morgan fingerprint density at radius 3 is 2.52 bits per heavy atom. The molecule has 1 aromatic heterocycles. The zero-order valence-corrected chi connectivity index (χ0v) is 19.6. The summed E-state index contributed by atoms with van der Waals surface area (Å²) < 4.78 is 5.52. The number of carbonyl (C=O) groups excluding carboxylic acids is 2. The number of carbonyl (C=O) groups is 2. The molecule has 0 aliphatic heterocycles. The third kappa shape index (κ3) is 5.88. The molecule has 1 atom stereocenters. The highest BCUT2D eigenvalue weighted by molar-refractivity contribution is 7.98. The number of aromatic nitrogens is 1. The standard InChI is InChI=1S/C26H22N2O3S2/c1-18(25(29)28-23-13-7-5-11-21(23)19-9-3-2-4-10-19)31-26(30)22-12-6-8-14-24(22)33-16-20-15-32-17-27-20/h2-15,17-18H,16H2,1H3,(H,28,29). The van der Waals surface area contributed by atoms with Gasteiger partial charge >= 0.3 is 5.97 Å². The Labute approximate surface area is 200 Å². The fourth-order valence-corrected chi connectivity index (χ4v) is 4.80. The first-order chi connectivity index (χ1) is 16.1. The van der Waals surface area contributed by atoms with Gasteiger partial charge in [0.1, 0.15) is 0 Å². The highest BCUT2D eigenvalue weighted by Gasteiger charge is 2.22. The summed E-state index contributed by atoms with van der Waals surface area (Å²) in [6.45, 7) is 1.57. The maximum atomic E-state index is 12.9. The Bertz CT molecular complexity index is 1230. The fraction of sp³-hybridized carbons (Fsp3) is 0.115.